The first-order valence-corrected chi connectivity index (χ1v) is 6.60. The molecule has 0 aromatic heterocycles. The normalized spacial score (nSPS) is 20.3. The zero-order valence-electron chi connectivity index (χ0n) is 10.3. The van der Waals surface area contributed by atoms with Gasteiger partial charge in [0, 0.05) is 6.54 Å². The summed E-state index contributed by atoms with van der Waals surface area (Å²) >= 11 is 5.56. The summed E-state index contributed by atoms with van der Waals surface area (Å²) in [7, 11) is 0. The van der Waals surface area contributed by atoms with Crippen molar-refractivity contribution in [3.05, 3.63) is 34.6 Å². The number of halogens is 2. The molecule has 104 valence electrons. The summed E-state index contributed by atoms with van der Waals surface area (Å²) in [6, 6.07) is 3.91. The highest BCUT2D eigenvalue weighted by molar-refractivity contribution is 6.30. The van der Waals surface area contributed by atoms with E-state index in [4.69, 9.17) is 11.6 Å². The highest BCUT2D eigenvalue weighted by Gasteiger charge is 2.22. The Labute approximate surface area is 116 Å². The van der Waals surface area contributed by atoms with E-state index in [9.17, 15) is 14.3 Å². The molecule has 1 heterocycles. The molecule has 1 aliphatic heterocycles. The standard InChI is InChI=1S/C13H16ClFN2O2/c14-9-4-3-8(6-10(9)15)12(18)7-17-13(19)11-2-1-5-16-11/h3-4,6,11-12,16,18H,1-2,5,7H2,(H,17,19). The SMILES string of the molecule is O=C(NCC(O)c1ccc(Cl)c(F)c1)C1CCCN1. The second-order valence-electron chi connectivity index (χ2n) is 4.58. The molecule has 0 radical (unpaired) electrons. The number of nitrogens with one attached hydrogen (secondary N) is 2. The lowest BCUT2D eigenvalue weighted by atomic mass is 10.1. The maximum atomic E-state index is 13.2. The Morgan fingerprint density at radius 1 is 1.63 bits per heavy atom. The zero-order chi connectivity index (χ0) is 13.8. The third-order valence-electron chi connectivity index (χ3n) is 3.17. The Balaban J connectivity index is 1.88. The van der Waals surface area contributed by atoms with Gasteiger partial charge in [-0.25, -0.2) is 4.39 Å². The fourth-order valence-electron chi connectivity index (χ4n) is 2.07. The van der Waals surface area contributed by atoms with Crippen molar-refractivity contribution in [1.29, 1.82) is 0 Å². The summed E-state index contributed by atoms with van der Waals surface area (Å²) in [6.45, 7) is 0.890. The minimum absolute atomic E-state index is 0.00939. The summed E-state index contributed by atoms with van der Waals surface area (Å²) in [6.07, 6.45) is 0.831. The van der Waals surface area contributed by atoms with Gasteiger partial charge in [0.25, 0.3) is 0 Å². The molecule has 2 atom stereocenters. The van der Waals surface area contributed by atoms with Crippen LogP contribution in [0.5, 0.6) is 0 Å². The van der Waals surface area contributed by atoms with Crippen LogP contribution in [0.4, 0.5) is 4.39 Å². The second kappa shape index (κ2) is 6.32. The third kappa shape index (κ3) is 3.65. The van der Waals surface area contributed by atoms with Crippen molar-refractivity contribution in [2.75, 3.05) is 13.1 Å². The fraction of sp³-hybridized carbons (Fsp3) is 0.462. The quantitative estimate of drug-likeness (QED) is 0.784. The Morgan fingerprint density at radius 3 is 3.05 bits per heavy atom. The second-order valence-corrected chi connectivity index (χ2v) is 4.99. The van der Waals surface area contributed by atoms with Crippen LogP contribution in [0, 0.1) is 5.82 Å². The van der Waals surface area contributed by atoms with Gasteiger partial charge in [0.1, 0.15) is 5.82 Å². The monoisotopic (exact) mass is 286 g/mol. The minimum atomic E-state index is -0.947. The highest BCUT2D eigenvalue weighted by atomic mass is 35.5. The molecule has 4 nitrogen and oxygen atoms in total. The van der Waals surface area contributed by atoms with Crippen LogP contribution in [-0.2, 0) is 4.79 Å². The number of aliphatic hydroxyl groups excluding tert-OH is 1. The van der Waals surface area contributed by atoms with Crippen molar-refractivity contribution < 1.29 is 14.3 Å². The Bertz CT molecular complexity index is 464. The van der Waals surface area contributed by atoms with E-state index in [1.54, 1.807) is 0 Å². The fourth-order valence-corrected chi connectivity index (χ4v) is 2.18. The molecule has 0 spiro atoms. The lowest BCUT2D eigenvalue weighted by molar-refractivity contribution is -0.123. The summed E-state index contributed by atoms with van der Waals surface area (Å²) < 4.78 is 13.2. The van der Waals surface area contributed by atoms with E-state index >= 15 is 0 Å². The highest BCUT2D eigenvalue weighted by Crippen LogP contribution is 2.20. The van der Waals surface area contributed by atoms with Gasteiger partial charge in [0.15, 0.2) is 0 Å². The van der Waals surface area contributed by atoms with Crippen LogP contribution in [0.3, 0.4) is 0 Å². The molecule has 0 aliphatic carbocycles. The zero-order valence-corrected chi connectivity index (χ0v) is 11.1. The van der Waals surface area contributed by atoms with Gasteiger partial charge < -0.3 is 15.7 Å². The Morgan fingerprint density at radius 2 is 2.42 bits per heavy atom. The van der Waals surface area contributed by atoms with Crippen molar-refractivity contribution in [2.24, 2.45) is 0 Å². The maximum Gasteiger partial charge on any atom is 0.237 e. The molecular weight excluding hydrogens is 271 g/mol. The van der Waals surface area contributed by atoms with Gasteiger partial charge >= 0.3 is 0 Å². The van der Waals surface area contributed by atoms with Crippen molar-refractivity contribution >= 4 is 17.5 Å². The van der Waals surface area contributed by atoms with E-state index in [1.807, 2.05) is 0 Å². The van der Waals surface area contributed by atoms with Crippen LogP contribution in [0.25, 0.3) is 0 Å². The average Bonchev–Trinajstić information content (AvgIpc) is 2.92. The molecule has 2 rings (SSSR count). The lowest BCUT2D eigenvalue weighted by Crippen LogP contribution is -2.41. The van der Waals surface area contributed by atoms with Crippen molar-refractivity contribution in [3.8, 4) is 0 Å². The van der Waals surface area contributed by atoms with Crippen LogP contribution in [0.15, 0.2) is 18.2 Å². The number of carbonyl (C=O) groups excluding carboxylic acids is 1. The van der Waals surface area contributed by atoms with Gasteiger partial charge in [-0.15, -0.1) is 0 Å². The van der Waals surface area contributed by atoms with Gasteiger partial charge in [-0.2, -0.15) is 0 Å². The number of hydrogen-bond donors (Lipinski definition) is 3. The first-order chi connectivity index (χ1) is 9.08. The molecule has 1 fully saturated rings. The third-order valence-corrected chi connectivity index (χ3v) is 3.48. The largest absolute Gasteiger partial charge is 0.387 e. The molecule has 19 heavy (non-hydrogen) atoms. The number of amides is 1. The van der Waals surface area contributed by atoms with Crippen molar-refractivity contribution in [1.82, 2.24) is 10.6 Å². The molecule has 1 saturated heterocycles. The van der Waals surface area contributed by atoms with Crippen LogP contribution in [0.2, 0.25) is 5.02 Å². The lowest BCUT2D eigenvalue weighted by Gasteiger charge is -2.15. The molecule has 1 aliphatic rings. The van der Waals surface area contributed by atoms with Gasteiger partial charge in [0.2, 0.25) is 5.91 Å². The number of aliphatic hydroxyl groups is 1. The summed E-state index contributed by atoms with van der Waals surface area (Å²) in [5, 5.41) is 15.6. The van der Waals surface area contributed by atoms with Gasteiger partial charge in [-0.05, 0) is 37.1 Å². The topological polar surface area (TPSA) is 61.4 Å². The van der Waals surface area contributed by atoms with Gasteiger partial charge in [-0.1, -0.05) is 17.7 Å². The molecule has 2 unspecified atom stereocenters. The Kier molecular flexibility index (Phi) is 4.74. The van der Waals surface area contributed by atoms with Crippen LogP contribution in [-0.4, -0.2) is 30.1 Å². The predicted octanol–water partition coefficient (Wildman–Crippen LogP) is 1.38. The number of rotatable bonds is 4. The molecule has 0 saturated carbocycles. The van der Waals surface area contributed by atoms with E-state index in [0.717, 1.165) is 19.4 Å². The smallest absolute Gasteiger partial charge is 0.237 e. The van der Waals surface area contributed by atoms with E-state index in [2.05, 4.69) is 10.6 Å². The summed E-state index contributed by atoms with van der Waals surface area (Å²) in [5.74, 6) is -0.715. The summed E-state index contributed by atoms with van der Waals surface area (Å²) in [4.78, 5) is 11.7. The van der Waals surface area contributed by atoms with Crippen molar-refractivity contribution in [3.63, 3.8) is 0 Å². The first-order valence-electron chi connectivity index (χ1n) is 6.22. The maximum absolute atomic E-state index is 13.2. The van der Waals surface area contributed by atoms with E-state index in [1.165, 1.54) is 18.2 Å². The van der Waals surface area contributed by atoms with Gasteiger partial charge in [-0.3, -0.25) is 4.79 Å². The average molecular weight is 287 g/mol. The molecule has 6 heteroatoms. The Hall–Kier alpha value is -1.17. The minimum Gasteiger partial charge on any atom is -0.387 e. The van der Waals surface area contributed by atoms with Crippen LogP contribution in [0.1, 0.15) is 24.5 Å². The molecule has 0 bridgehead atoms. The summed E-state index contributed by atoms with van der Waals surface area (Å²) in [5.41, 5.74) is 0.390. The number of carbonyl (C=O) groups is 1. The molecular formula is C13H16ClFN2O2. The van der Waals surface area contributed by atoms with E-state index in [0.29, 0.717) is 5.56 Å². The predicted molar refractivity (Wildman–Crippen MR) is 70.4 cm³/mol. The first kappa shape index (κ1) is 14.2. The molecule has 1 aromatic carbocycles. The van der Waals surface area contributed by atoms with E-state index < -0.39 is 11.9 Å². The van der Waals surface area contributed by atoms with Crippen LogP contribution < -0.4 is 10.6 Å². The number of benzene rings is 1. The molecule has 1 amide bonds. The van der Waals surface area contributed by atoms with Crippen LogP contribution >= 0.6 is 11.6 Å². The molecule has 3 N–H and O–H groups in total. The number of hydrogen-bond acceptors (Lipinski definition) is 3. The van der Waals surface area contributed by atoms with Crippen molar-refractivity contribution in [2.45, 2.75) is 25.0 Å². The van der Waals surface area contributed by atoms with Gasteiger partial charge in [0.05, 0.1) is 17.2 Å². The molecule has 1 aromatic rings. The van der Waals surface area contributed by atoms with E-state index in [-0.39, 0.29) is 23.5 Å².